The Balaban J connectivity index is 1.73. The lowest BCUT2D eigenvalue weighted by molar-refractivity contribution is -0.126. The van der Waals surface area contributed by atoms with Crippen molar-refractivity contribution in [2.45, 2.75) is 43.1 Å². The van der Waals surface area contributed by atoms with Crippen molar-refractivity contribution in [3.8, 4) is 0 Å². The van der Waals surface area contributed by atoms with Crippen molar-refractivity contribution in [2.75, 3.05) is 6.61 Å². The molecule has 1 aromatic carbocycles. The van der Waals surface area contributed by atoms with E-state index in [4.69, 9.17) is 4.74 Å². The SMILES string of the molecule is O=C(COC1CCCCC1)NS(=O)(=O)c1ccc(F)c2ncccc12. The average Bonchev–Trinajstić information content (AvgIpc) is 2.61. The van der Waals surface area contributed by atoms with E-state index in [1.54, 1.807) is 0 Å². The van der Waals surface area contributed by atoms with Crippen LogP contribution in [-0.4, -0.2) is 32.0 Å². The van der Waals surface area contributed by atoms with Crippen molar-refractivity contribution in [1.29, 1.82) is 0 Å². The molecule has 8 heteroatoms. The fourth-order valence-electron chi connectivity index (χ4n) is 3.01. The van der Waals surface area contributed by atoms with Gasteiger partial charge in [-0.05, 0) is 37.1 Å². The molecule has 1 saturated carbocycles. The number of pyridine rings is 1. The minimum atomic E-state index is -4.14. The van der Waals surface area contributed by atoms with Crippen LogP contribution in [0.1, 0.15) is 32.1 Å². The first-order chi connectivity index (χ1) is 12.0. The molecule has 1 aliphatic rings. The van der Waals surface area contributed by atoms with Crippen molar-refractivity contribution in [3.63, 3.8) is 0 Å². The van der Waals surface area contributed by atoms with Crippen molar-refractivity contribution < 1.29 is 22.3 Å². The van der Waals surface area contributed by atoms with E-state index in [1.165, 1.54) is 18.3 Å². The van der Waals surface area contributed by atoms with E-state index in [2.05, 4.69) is 4.98 Å². The van der Waals surface area contributed by atoms with E-state index in [0.717, 1.165) is 44.2 Å². The largest absolute Gasteiger partial charge is 0.368 e. The first kappa shape index (κ1) is 17.8. The highest BCUT2D eigenvalue weighted by Gasteiger charge is 2.23. The average molecular weight is 366 g/mol. The van der Waals surface area contributed by atoms with Crippen LogP contribution < -0.4 is 4.72 Å². The van der Waals surface area contributed by atoms with Gasteiger partial charge in [-0.15, -0.1) is 0 Å². The molecule has 1 fully saturated rings. The molecular formula is C17H19FN2O4S. The van der Waals surface area contributed by atoms with Crippen LogP contribution in [-0.2, 0) is 19.6 Å². The normalized spacial score (nSPS) is 16.0. The van der Waals surface area contributed by atoms with Gasteiger partial charge in [0.1, 0.15) is 17.9 Å². The fourth-order valence-corrected chi connectivity index (χ4v) is 4.18. The molecule has 0 aliphatic heterocycles. The Morgan fingerprint density at radius 3 is 2.76 bits per heavy atom. The molecule has 0 radical (unpaired) electrons. The number of carbonyl (C=O) groups is 1. The lowest BCUT2D eigenvalue weighted by atomic mass is 9.98. The van der Waals surface area contributed by atoms with Gasteiger partial charge >= 0.3 is 0 Å². The Kier molecular flexibility index (Phi) is 5.29. The van der Waals surface area contributed by atoms with Gasteiger partial charge < -0.3 is 4.74 Å². The molecule has 25 heavy (non-hydrogen) atoms. The molecule has 6 nitrogen and oxygen atoms in total. The predicted octanol–water partition coefficient (Wildman–Crippen LogP) is 2.53. The highest BCUT2D eigenvalue weighted by atomic mass is 32.2. The molecule has 0 unspecified atom stereocenters. The fraction of sp³-hybridized carbons (Fsp3) is 0.412. The van der Waals surface area contributed by atoms with Crippen LogP contribution in [0.3, 0.4) is 0 Å². The standard InChI is InChI=1S/C17H19FN2O4S/c18-14-8-9-15(13-7-4-10-19-17(13)14)25(22,23)20-16(21)11-24-12-5-2-1-3-6-12/h4,7-10,12H,1-3,5-6,11H2,(H,20,21). The molecule has 3 rings (SSSR count). The van der Waals surface area contributed by atoms with E-state index >= 15 is 0 Å². The minimum absolute atomic E-state index is 0.00180. The first-order valence-electron chi connectivity index (χ1n) is 8.18. The van der Waals surface area contributed by atoms with Crippen LogP contribution in [0, 0.1) is 5.82 Å². The van der Waals surface area contributed by atoms with E-state index < -0.39 is 21.7 Å². The Morgan fingerprint density at radius 1 is 1.24 bits per heavy atom. The van der Waals surface area contributed by atoms with Crippen LogP contribution in [0.5, 0.6) is 0 Å². The van der Waals surface area contributed by atoms with Gasteiger partial charge in [-0.1, -0.05) is 19.3 Å². The van der Waals surface area contributed by atoms with Crippen molar-refractivity contribution in [1.82, 2.24) is 9.71 Å². The quantitative estimate of drug-likeness (QED) is 0.879. The summed E-state index contributed by atoms with van der Waals surface area (Å²) >= 11 is 0. The van der Waals surface area contributed by atoms with Crippen molar-refractivity contribution in [3.05, 3.63) is 36.3 Å². The lowest BCUT2D eigenvalue weighted by Gasteiger charge is -2.21. The minimum Gasteiger partial charge on any atom is -0.368 e. The van der Waals surface area contributed by atoms with E-state index in [0.29, 0.717) is 0 Å². The molecule has 1 heterocycles. The van der Waals surface area contributed by atoms with Gasteiger partial charge in [0.2, 0.25) is 0 Å². The molecule has 0 bridgehead atoms. The molecule has 2 aromatic rings. The van der Waals surface area contributed by atoms with E-state index in [1.807, 2.05) is 4.72 Å². The summed E-state index contributed by atoms with van der Waals surface area (Å²) in [4.78, 5) is 15.6. The Morgan fingerprint density at radius 2 is 2.00 bits per heavy atom. The maximum absolute atomic E-state index is 13.8. The van der Waals surface area contributed by atoms with Gasteiger partial charge in [0.25, 0.3) is 15.9 Å². The number of fused-ring (bicyclic) bond motifs is 1. The maximum atomic E-state index is 13.8. The second-order valence-electron chi connectivity index (χ2n) is 6.04. The number of nitrogens with one attached hydrogen (secondary N) is 1. The zero-order valence-corrected chi connectivity index (χ0v) is 14.4. The van der Waals surface area contributed by atoms with E-state index in [-0.39, 0.29) is 28.5 Å². The zero-order valence-electron chi connectivity index (χ0n) is 13.6. The van der Waals surface area contributed by atoms with Crippen LogP contribution in [0.2, 0.25) is 0 Å². The summed E-state index contributed by atoms with van der Waals surface area (Å²) < 4.78 is 46.2. The number of nitrogens with zero attached hydrogens (tertiary/aromatic N) is 1. The highest BCUT2D eigenvalue weighted by Crippen LogP contribution is 2.24. The molecule has 1 aliphatic carbocycles. The summed E-state index contributed by atoms with van der Waals surface area (Å²) in [5.74, 6) is -1.37. The Hall–Kier alpha value is -2.06. The van der Waals surface area contributed by atoms with Gasteiger partial charge in [-0.2, -0.15) is 0 Å². The number of hydrogen-bond acceptors (Lipinski definition) is 5. The molecule has 1 amide bonds. The second kappa shape index (κ2) is 7.45. The van der Waals surface area contributed by atoms with Crippen LogP contribution >= 0.6 is 0 Å². The van der Waals surface area contributed by atoms with Gasteiger partial charge in [-0.25, -0.2) is 17.5 Å². The number of amides is 1. The van der Waals surface area contributed by atoms with Gasteiger partial charge in [-0.3, -0.25) is 9.78 Å². The predicted molar refractivity (Wildman–Crippen MR) is 89.9 cm³/mol. The summed E-state index contributed by atoms with van der Waals surface area (Å²) in [5, 5.41) is 0.121. The van der Waals surface area contributed by atoms with Crippen LogP contribution in [0.4, 0.5) is 4.39 Å². The van der Waals surface area contributed by atoms with E-state index in [9.17, 15) is 17.6 Å². The highest BCUT2D eigenvalue weighted by molar-refractivity contribution is 7.90. The monoisotopic (exact) mass is 366 g/mol. The van der Waals surface area contributed by atoms with Crippen LogP contribution in [0.15, 0.2) is 35.4 Å². The topological polar surface area (TPSA) is 85.4 Å². The van der Waals surface area contributed by atoms with Crippen molar-refractivity contribution >= 4 is 26.8 Å². The van der Waals surface area contributed by atoms with Gasteiger partial charge in [0.15, 0.2) is 0 Å². The molecule has 0 spiro atoms. The summed E-state index contributed by atoms with van der Waals surface area (Å²) in [6, 6.07) is 5.10. The first-order valence-corrected chi connectivity index (χ1v) is 9.66. The molecule has 0 saturated heterocycles. The summed E-state index contributed by atoms with van der Waals surface area (Å²) in [6.45, 7) is -0.318. The number of aromatic nitrogens is 1. The number of benzene rings is 1. The zero-order chi connectivity index (χ0) is 17.9. The summed E-state index contributed by atoms with van der Waals surface area (Å²) in [7, 11) is -4.14. The smallest absolute Gasteiger partial charge is 0.264 e. The molecule has 0 atom stereocenters. The third kappa shape index (κ3) is 4.13. The van der Waals surface area contributed by atoms with Gasteiger partial charge in [0, 0.05) is 11.6 Å². The number of halogens is 1. The number of rotatable bonds is 5. The molecule has 1 aromatic heterocycles. The lowest BCUT2D eigenvalue weighted by Crippen LogP contribution is -2.35. The molecule has 1 N–H and O–H groups in total. The Bertz CT molecular complexity index is 879. The number of sulfonamides is 1. The van der Waals surface area contributed by atoms with Gasteiger partial charge in [0.05, 0.1) is 11.0 Å². The number of ether oxygens (including phenoxy) is 1. The van der Waals surface area contributed by atoms with Crippen molar-refractivity contribution in [2.24, 2.45) is 0 Å². The third-order valence-corrected chi connectivity index (χ3v) is 5.65. The third-order valence-electron chi connectivity index (χ3n) is 4.22. The molecular weight excluding hydrogens is 347 g/mol. The second-order valence-corrected chi connectivity index (χ2v) is 7.70. The maximum Gasteiger partial charge on any atom is 0.264 e. The summed E-state index contributed by atoms with van der Waals surface area (Å²) in [6.07, 6.45) is 6.41. The summed E-state index contributed by atoms with van der Waals surface area (Å²) in [5.41, 5.74) is -0.0590. The number of hydrogen-bond donors (Lipinski definition) is 1. The Labute approximate surface area is 145 Å². The van der Waals surface area contributed by atoms with Crippen LogP contribution in [0.25, 0.3) is 10.9 Å². The molecule has 134 valence electrons. The number of carbonyl (C=O) groups excluding carboxylic acids is 1.